The molecule has 0 saturated carbocycles. The number of aryl methyl sites for hydroxylation is 1. The van der Waals surface area contributed by atoms with Gasteiger partial charge in [0.1, 0.15) is 0 Å². The fourth-order valence-electron chi connectivity index (χ4n) is 2.04. The molecule has 2 aromatic carbocycles. The van der Waals surface area contributed by atoms with Crippen LogP contribution in [0.1, 0.15) is 21.5 Å². The third kappa shape index (κ3) is 6.60. The van der Waals surface area contributed by atoms with Crippen molar-refractivity contribution in [2.75, 3.05) is 6.54 Å². The van der Waals surface area contributed by atoms with Crippen LogP contribution in [0.3, 0.4) is 0 Å². The maximum Gasteiger partial charge on any atom is 0.257 e. The highest BCUT2D eigenvalue weighted by Crippen LogP contribution is 2.03. The van der Waals surface area contributed by atoms with E-state index >= 15 is 0 Å². The molecule has 130 valence electrons. The molecule has 0 aliphatic heterocycles. The molecule has 0 bridgehead atoms. The fraction of sp³-hybridized carbons (Fsp3) is 0.167. The number of amides is 2. The van der Waals surface area contributed by atoms with E-state index in [0.717, 1.165) is 11.1 Å². The van der Waals surface area contributed by atoms with Crippen LogP contribution in [0.4, 0.5) is 0 Å². The first-order valence-electron chi connectivity index (χ1n) is 7.76. The van der Waals surface area contributed by atoms with Gasteiger partial charge in [0.2, 0.25) is 0 Å². The molecule has 0 radical (unpaired) electrons. The number of carbonyl (C=O) groups is 2. The molecular weight excluding hydrogens is 336 g/mol. The third-order valence-corrected chi connectivity index (χ3v) is 3.55. The lowest BCUT2D eigenvalue weighted by atomic mass is 10.1. The van der Waals surface area contributed by atoms with Crippen molar-refractivity contribution in [2.45, 2.75) is 13.5 Å². The summed E-state index contributed by atoms with van der Waals surface area (Å²) in [4.78, 5) is 23.7. The molecule has 0 aliphatic rings. The first-order valence-corrected chi connectivity index (χ1v) is 8.17. The van der Waals surface area contributed by atoms with E-state index in [1.165, 1.54) is 0 Å². The van der Waals surface area contributed by atoms with Gasteiger partial charge in [0.15, 0.2) is 5.11 Å². The number of rotatable bonds is 5. The van der Waals surface area contributed by atoms with Crippen LogP contribution < -0.4 is 21.5 Å². The third-order valence-electron chi connectivity index (χ3n) is 3.30. The van der Waals surface area contributed by atoms with Gasteiger partial charge in [0.05, 0.1) is 6.54 Å². The Labute approximate surface area is 152 Å². The van der Waals surface area contributed by atoms with E-state index in [9.17, 15) is 9.59 Å². The van der Waals surface area contributed by atoms with Gasteiger partial charge in [-0.15, -0.1) is 0 Å². The van der Waals surface area contributed by atoms with E-state index in [1.807, 2.05) is 43.3 Å². The topological polar surface area (TPSA) is 82.3 Å². The van der Waals surface area contributed by atoms with Crippen LogP contribution in [0.2, 0.25) is 0 Å². The van der Waals surface area contributed by atoms with E-state index in [4.69, 9.17) is 12.2 Å². The highest BCUT2D eigenvalue weighted by Gasteiger charge is 2.08. The molecule has 0 heterocycles. The Morgan fingerprint density at radius 2 is 1.72 bits per heavy atom. The van der Waals surface area contributed by atoms with E-state index in [0.29, 0.717) is 17.2 Å². The smallest absolute Gasteiger partial charge is 0.257 e. The Morgan fingerprint density at radius 3 is 2.44 bits per heavy atom. The monoisotopic (exact) mass is 356 g/mol. The maximum absolute atomic E-state index is 11.9. The molecule has 0 saturated heterocycles. The predicted molar refractivity (Wildman–Crippen MR) is 101 cm³/mol. The lowest BCUT2D eigenvalue weighted by Gasteiger charge is -2.12. The van der Waals surface area contributed by atoms with Crippen molar-refractivity contribution in [3.05, 3.63) is 71.3 Å². The minimum absolute atomic E-state index is 0.152. The zero-order chi connectivity index (χ0) is 18.1. The molecule has 0 atom stereocenters. The predicted octanol–water partition coefficient (Wildman–Crippen LogP) is 1.42. The van der Waals surface area contributed by atoms with Crippen LogP contribution >= 0.6 is 12.2 Å². The summed E-state index contributed by atoms with van der Waals surface area (Å²) in [5.41, 5.74) is 7.59. The molecule has 0 aromatic heterocycles. The normalized spacial score (nSPS) is 9.80. The van der Waals surface area contributed by atoms with Crippen LogP contribution in [0.15, 0.2) is 54.6 Å². The van der Waals surface area contributed by atoms with Gasteiger partial charge in [-0.1, -0.05) is 48.0 Å². The van der Waals surface area contributed by atoms with E-state index < -0.39 is 5.91 Å². The van der Waals surface area contributed by atoms with Crippen LogP contribution in [0.5, 0.6) is 0 Å². The number of hydrogen-bond donors (Lipinski definition) is 4. The van der Waals surface area contributed by atoms with Crippen molar-refractivity contribution in [1.29, 1.82) is 0 Å². The zero-order valence-corrected chi connectivity index (χ0v) is 14.7. The largest absolute Gasteiger partial charge is 0.357 e. The summed E-state index contributed by atoms with van der Waals surface area (Å²) in [6, 6.07) is 16.9. The minimum Gasteiger partial charge on any atom is -0.357 e. The molecule has 2 amide bonds. The van der Waals surface area contributed by atoms with Gasteiger partial charge in [0, 0.05) is 12.1 Å². The summed E-state index contributed by atoms with van der Waals surface area (Å²) in [6.07, 6.45) is 0. The van der Waals surface area contributed by atoms with E-state index in [-0.39, 0.29) is 12.5 Å². The first-order chi connectivity index (χ1) is 12.0. The highest BCUT2D eigenvalue weighted by molar-refractivity contribution is 7.80. The molecule has 7 heteroatoms. The average Bonchev–Trinajstić information content (AvgIpc) is 2.63. The van der Waals surface area contributed by atoms with Crippen LogP contribution in [0, 0.1) is 6.92 Å². The average molecular weight is 356 g/mol. The standard InChI is InChI=1S/C18H20N4O2S/c1-13-6-5-9-15(10-13)17(24)19-12-16(23)21-22-18(25)20-11-14-7-3-2-4-8-14/h2-10H,11-12H2,1H3,(H,19,24)(H,21,23)(H2,20,22,25). The first kappa shape index (κ1) is 18.4. The number of benzene rings is 2. The second-order valence-electron chi connectivity index (χ2n) is 5.39. The van der Waals surface area contributed by atoms with Gasteiger partial charge >= 0.3 is 0 Å². The Morgan fingerprint density at radius 1 is 0.960 bits per heavy atom. The van der Waals surface area contributed by atoms with Crippen LogP contribution in [-0.2, 0) is 11.3 Å². The number of hydrazine groups is 1. The molecule has 0 fully saturated rings. The Bertz CT molecular complexity index is 750. The molecule has 2 aromatic rings. The Hall–Kier alpha value is -2.93. The SMILES string of the molecule is Cc1cccc(C(=O)NCC(=O)NNC(=S)NCc2ccccc2)c1. The summed E-state index contributed by atoms with van der Waals surface area (Å²) in [5, 5.41) is 5.82. The van der Waals surface area contributed by atoms with Gasteiger partial charge in [-0.3, -0.25) is 20.4 Å². The van der Waals surface area contributed by atoms with Gasteiger partial charge in [-0.05, 0) is 36.8 Å². The lowest BCUT2D eigenvalue weighted by molar-refractivity contribution is -0.120. The molecule has 0 unspecified atom stereocenters. The lowest BCUT2D eigenvalue weighted by Crippen LogP contribution is -2.49. The zero-order valence-electron chi connectivity index (χ0n) is 13.8. The van der Waals surface area contributed by atoms with Crippen LogP contribution in [-0.4, -0.2) is 23.5 Å². The molecular formula is C18H20N4O2S. The number of hydrogen-bond acceptors (Lipinski definition) is 3. The maximum atomic E-state index is 11.9. The summed E-state index contributed by atoms with van der Waals surface area (Å²) in [6.45, 7) is 2.30. The van der Waals surface area contributed by atoms with Crippen molar-refractivity contribution in [3.8, 4) is 0 Å². The summed E-state index contributed by atoms with van der Waals surface area (Å²) in [7, 11) is 0. The fourth-order valence-corrected chi connectivity index (χ4v) is 2.17. The number of carbonyl (C=O) groups excluding carboxylic acids is 2. The Kier molecular flexibility index (Phi) is 6.91. The van der Waals surface area contributed by atoms with E-state index in [2.05, 4.69) is 21.5 Å². The quantitative estimate of drug-likeness (QED) is 0.481. The van der Waals surface area contributed by atoms with Crippen molar-refractivity contribution in [3.63, 3.8) is 0 Å². The summed E-state index contributed by atoms with van der Waals surface area (Å²) in [5.74, 6) is -0.700. The number of nitrogens with one attached hydrogen (secondary N) is 4. The van der Waals surface area contributed by atoms with Crippen molar-refractivity contribution in [1.82, 2.24) is 21.5 Å². The molecule has 0 aliphatic carbocycles. The van der Waals surface area contributed by atoms with Gasteiger partial charge < -0.3 is 10.6 Å². The van der Waals surface area contributed by atoms with Gasteiger partial charge in [0.25, 0.3) is 11.8 Å². The minimum atomic E-state index is -0.398. The molecule has 4 N–H and O–H groups in total. The van der Waals surface area contributed by atoms with Gasteiger partial charge in [-0.25, -0.2) is 0 Å². The summed E-state index contributed by atoms with van der Waals surface area (Å²) < 4.78 is 0. The highest BCUT2D eigenvalue weighted by atomic mass is 32.1. The van der Waals surface area contributed by atoms with Crippen molar-refractivity contribution >= 4 is 29.1 Å². The Balaban J connectivity index is 1.66. The van der Waals surface area contributed by atoms with Crippen molar-refractivity contribution < 1.29 is 9.59 Å². The molecule has 6 nitrogen and oxygen atoms in total. The number of thiocarbonyl (C=S) groups is 1. The molecule has 0 spiro atoms. The van der Waals surface area contributed by atoms with Crippen LogP contribution in [0.25, 0.3) is 0 Å². The van der Waals surface area contributed by atoms with E-state index in [1.54, 1.807) is 18.2 Å². The molecule has 2 rings (SSSR count). The second kappa shape index (κ2) is 9.39. The van der Waals surface area contributed by atoms with Crippen molar-refractivity contribution in [2.24, 2.45) is 0 Å². The van der Waals surface area contributed by atoms with Gasteiger partial charge in [-0.2, -0.15) is 0 Å². The second-order valence-corrected chi connectivity index (χ2v) is 5.80. The molecule has 25 heavy (non-hydrogen) atoms. The summed E-state index contributed by atoms with van der Waals surface area (Å²) >= 11 is 5.07.